The van der Waals surface area contributed by atoms with Crippen LogP contribution >= 0.6 is 0 Å². The van der Waals surface area contributed by atoms with Crippen molar-refractivity contribution in [1.82, 2.24) is 4.98 Å². The van der Waals surface area contributed by atoms with Crippen molar-refractivity contribution in [1.29, 1.82) is 0 Å². The zero-order valence-electron chi connectivity index (χ0n) is 15.8. The standard InChI is InChI=1S/C17H25N3O5Si/c1-17(2,3)26(4,5)24-9-11-8-20(16(22)25-11)13-7-6-12-15(18-13)19-14(21)10-23-12/h6-7,11H,8-10H2,1-5H3,(H,18,19,21)/t11-/m0/s1. The second-order valence-electron chi connectivity index (χ2n) is 8.04. The summed E-state index contributed by atoms with van der Waals surface area (Å²) in [5.41, 5.74) is 0. The van der Waals surface area contributed by atoms with E-state index < -0.39 is 14.4 Å². The maximum Gasteiger partial charge on any atom is 0.416 e. The molecule has 0 aliphatic carbocycles. The molecule has 2 aliphatic rings. The second kappa shape index (κ2) is 6.55. The first-order chi connectivity index (χ1) is 12.1. The fraction of sp³-hybridized carbons (Fsp3) is 0.588. The van der Waals surface area contributed by atoms with Crippen molar-refractivity contribution in [3.05, 3.63) is 12.1 Å². The summed E-state index contributed by atoms with van der Waals surface area (Å²) < 4.78 is 16.9. The summed E-state index contributed by atoms with van der Waals surface area (Å²) in [7, 11) is -1.91. The van der Waals surface area contributed by atoms with Crippen molar-refractivity contribution in [3.63, 3.8) is 0 Å². The lowest BCUT2D eigenvalue weighted by Gasteiger charge is -2.36. The minimum atomic E-state index is -1.91. The summed E-state index contributed by atoms with van der Waals surface area (Å²) in [5.74, 6) is 0.937. The van der Waals surface area contributed by atoms with Gasteiger partial charge in [0, 0.05) is 0 Å². The normalized spacial score (nSPS) is 20.3. The smallest absolute Gasteiger partial charge is 0.416 e. The van der Waals surface area contributed by atoms with Gasteiger partial charge in [-0.3, -0.25) is 9.69 Å². The number of cyclic esters (lactones) is 1. The van der Waals surface area contributed by atoms with Crippen LogP contribution in [0.25, 0.3) is 0 Å². The molecule has 0 radical (unpaired) electrons. The Labute approximate surface area is 153 Å². The van der Waals surface area contributed by atoms with E-state index in [1.165, 1.54) is 4.90 Å². The van der Waals surface area contributed by atoms with Crippen LogP contribution in [0.4, 0.5) is 16.4 Å². The second-order valence-corrected chi connectivity index (χ2v) is 12.9. The van der Waals surface area contributed by atoms with Crippen molar-refractivity contribution >= 4 is 32.0 Å². The number of carbonyl (C=O) groups excluding carboxylic acids is 2. The molecule has 1 saturated heterocycles. The van der Waals surface area contributed by atoms with E-state index in [9.17, 15) is 9.59 Å². The topological polar surface area (TPSA) is 90.0 Å². The number of fused-ring (bicyclic) bond motifs is 1. The van der Waals surface area contributed by atoms with Gasteiger partial charge >= 0.3 is 6.09 Å². The van der Waals surface area contributed by atoms with E-state index in [1.54, 1.807) is 12.1 Å². The van der Waals surface area contributed by atoms with Gasteiger partial charge in [-0.15, -0.1) is 0 Å². The van der Waals surface area contributed by atoms with Crippen LogP contribution in [-0.4, -0.2) is 51.2 Å². The highest BCUT2D eigenvalue weighted by atomic mass is 28.4. The predicted octanol–water partition coefficient (Wildman–Crippen LogP) is 2.76. The molecule has 26 heavy (non-hydrogen) atoms. The maximum atomic E-state index is 12.2. The predicted molar refractivity (Wildman–Crippen MR) is 99.1 cm³/mol. The lowest BCUT2D eigenvalue weighted by molar-refractivity contribution is -0.118. The van der Waals surface area contributed by atoms with Gasteiger partial charge in [0.1, 0.15) is 11.9 Å². The summed E-state index contributed by atoms with van der Waals surface area (Å²) in [4.78, 5) is 29.4. The van der Waals surface area contributed by atoms with Gasteiger partial charge in [-0.05, 0) is 30.3 Å². The Balaban J connectivity index is 1.67. The Morgan fingerprint density at radius 1 is 1.35 bits per heavy atom. The molecule has 0 bridgehead atoms. The van der Waals surface area contributed by atoms with Crippen LogP contribution in [0.15, 0.2) is 12.1 Å². The molecule has 0 aromatic carbocycles. The minimum absolute atomic E-state index is 0.0351. The number of hydrogen-bond donors (Lipinski definition) is 1. The number of ether oxygens (including phenoxy) is 2. The molecule has 1 N–H and O–H groups in total. The van der Waals surface area contributed by atoms with Crippen LogP contribution < -0.4 is 15.0 Å². The van der Waals surface area contributed by atoms with Crippen LogP contribution in [0.5, 0.6) is 5.75 Å². The van der Waals surface area contributed by atoms with E-state index in [2.05, 4.69) is 44.2 Å². The third-order valence-corrected chi connectivity index (χ3v) is 9.55. The van der Waals surface area contributed by atoms with E-state index in [0.29, 0.717) is 30.5 Å². The SMILES string of the molecule is CC(C)(C)[Si](C)(C)OC[C@@H]1CN(c2ccc3c(n2)NC(=O)CO3)C(=O)O1. The molecule has 2 amide bonds. The summed E-state index contributed by atoms with van der Waals surface area (Å²) in [6, 6.07) is 3.36. The molecule has 1 fully saturated rings. The quantitative estimate of drug-likeness (QED) is 0.809. The Bertz CT molecular complexity index is 732. The largest absolute Gasteiger partial charge is 0.480 e. The first-order valence-corrected chi connectivity index (χ1v) is 11.5. The number of carbonyl (C=O) groups is 2. The number of pyridine rings is 1. The van der Waals surface area contributed by atoms with Gasteiger partial charge in [-0.25, -0.2) is 9.78 Å². The number of amides is 2. The monoisotopic (exact) mass is 379 g/mol. The molecular weight excluding hydrogens is 354 g/mol. The lowest BCUT2D eigenvalue weighted by atomic mass is 10.2. The summed E-state index contributed by atoms with van der Waals surface area (Å²) in [5, 5.41) is 2.73. The van der Waals surface area contributed by atoms with E-state index in [0.717, 1.165) is 0 Å². The Hall–Kier alpha value is -2.13. The number of aromatic nitrogens is 1. The average molecular weight is 379 g/mol. The Morgan fingerprint density at radius 2 is 2.08 bits per heavy atom. The Kier molecular flexibility index (Phi) is 4.70. The molecule has 3 rings (SSSR count). The third kappa shape index (κ3) is 3.68. The van der Waals surface area contributed by atoms with E-state index in [1.807, 2.05) is 0 Å². The van der Waals surface area contributed by atoms with Crippen molar-refractivity contribution in [2.24, 2.45) is 0 Å². The van der Waals surface area contributed by atoms with Gasteiger partial charge in [0.05, 0.1) is 13.2 Å². The molecule has 142 valence electrons. The van der Waals surface area contributed by atoms with Crippen LogP contribution in [0, 0.1) is 0 Å². The first-order valence-electron chi connectivity index (χ1n) is 8.63. The molecule has 8 nitrogen and oxygen atoms in total. The molecule has 1 aromatic heterocycles. The van der Waals surface area contributed by atoms with Gasteiger partial charge in [0.15, 0.2) is 26.5 Å². The van der Waals surface area contributed by atoms with Crippen molar-refractivity contribution in [3.8, 4) is 5.75 Å². The highest BCUT2D eigenvalue weighted by Gasteiger charge is 2.40. The molecule has 0 spiro atoms. The molecule has 9 heteroatoms. The summed E-state index contributed by atoms with van der Waals surface area (Å²) >= 11 is 0. The fourth-order valence-corrected chi connectivity index (χ4v) is 3.45. The third-order valence-electron chi connectivity index (χ3n) is 5.05. The van der Waals surface area contributed by atoms with Crippen LogP contribution in [0.2, 0.25) is 18.1 Å². The van der Waals surface area contributed by atoms with E-state index >= 15 is 0 Å². The number of nitrogens with zero attached hydrogens (tertiary/aromatic N) is 2. The zero-order chi connectivity index (χ0) is 19.1. The summed E-state index contributed by atoms with van der Waals surface area (Å²) in [6.45, 7) is 11.5. The van der Waals surface area contributed by atoms with Gasteiger partial charge in [0.25, 0.3) is 5.91 Å². The van der Waals surface area contributed by atoms with Crippen molar-refractivity contribution in [2.75, 3.05) is 30.0 Å². The van der Waals surface area contributed by atoms with E-state index in [4.69, 9.17) is 13.9 Å². The summed E-state index contributed by atoms with van der Waals surface area (Å²) in [6.07, 6.45) is -0.815. The number of nitrogens with one attached hydrogen (secondary N) is 1. The molecule has 0 saturated carbocycles. The van der Waals surface area contributed by atoms with Gasteiger partial charge in [-0.2, -0.15) is 0 Å². The Morgan fingerprint density at radius 3 is 2.77 bits per heavy atom. The zero-order valence-corrected chi connectivity index (χ0v) is 16.8. The molecule has 0 unspecified atom stereocenters. The van der Waals surface area contributed by atoms with Crippen LogP contribution in [-0.2, 0) is 14.0 Å². The van der Waals surface area contributed by atoms with Crippen molar-refractivity contribution < 1.29 is 23.5 Å². The van der Waals surface area contributed by atoms with Crippen molar-refractivity contribution in [2.45, 2.75) is 45.0 Å². The molecule has 1 atom stereocenters. The highest BCUT2D eigenvalue weighted by molar-refractivity contribution is 6.74. The average Bonchev–Trinajstić information content (AvgIpc) is 2.92. The van der Waals surface area contributed by atoms with Gasteiger partial charge in [-0.1, -0.05) is 20.8 Å². The number of anilines is 2. The highest BCUT2D eigenvalue weighted by Crippen LogP contribution is 2.37. The van der Waals surface area contributed by atoms with Crippen LogP contribution in [0.3, 0.4) is 0 Å². The maximum absolute atomic E-state index is 12.2. The molecule has 1 aromatic rings. The molecular formula is C17H25N3O5Si. The lowest BCUT2D eigenvalue weighted by Crippen LogP contribution is -2.43. The van der Waals surface area contributed by atoms with Gasteiger partial charge in [0.2, 0.25) is 0 Å². The minimum Gasteiger partial charge on any atom is -0.480 e. The number of rotatable bonds is 4. The van der Waals surface area contributed by atoms with Gasteiger partial charge < -0.3 is 19.2 Å². The van der Waals surface area contributed by atoms with Crippen LogP contribution in [0.1, 0.15) is 20.8 Å². The number of hydrogen-bond acceptors (Lipinski definition) is 6. The molecule has 3 heterocycles. The fourth-order valence-electron chi connectivity index (χ4n) is 2.42. The first kappa shape index (κ1) is 18.7. The molecule has 2 aliphatic heterocycles. The van der Waals surface area contributed by atoms with E-state index in [-0.39, 0.29) is 23.7 Å².